The summed E-state index contributed by atoms with van der Waals surface area (Å²) >= 11 is 7.50. The Morgan fingerprint density at radius 3 is 2.93 bits per heavy atom. The predicted octanol–water partition coefficient (Wildman–Crippen LogP) is 2.96. The van der Waals surface area contributed by atoms with E-state index in [4.69, 9.17) is 16.3 Å². The molecule has 0 aliphatic heterocycles. The Morgan fingerprint density at radius 1 is 1.53 bits per heavy atom. The van der Waals surface area contributed by atoms with E-state index in [1.54, 1.807) is 11.3 Å². The molecule has 1 aromatic heterocycles. The molecule has 0 aliphatic carbocycles. The minimum atomic E-state index is 0.417. The Labute approximate surface area is 101 Å². The van der Waals surface area contributed by atoms with Crippen LogP contribution in [0.3, 0.4) is 0 Å². The number of ether oxygens (including phenoxy) is 1. The van der Waals surface area contributed by atoms with Gasteiger partial charge in [-0.15, -0.1) is 11.3 Å². The summed E-state index contributed by atoms with van der Waals surface area (Å²) in [5, 5.41) is 3.41. The van der Waals surface area contributed by atoms with Gasteiger partial charge in [0.05, 0.1) is 10.9 Å². The fourth-order valence-electron chi connectivity index (χ4n) is 1.28. The highest BCUT2D eigenvalue weighted by Gasteiger charge is 2.01. The molecule has 1 rings (SSSR count). The van der Waals surface area contributed by atoms with Crippen LogP contribution in [0.2, 0.25) is 4.34 Å². The van der Waals surface area contributed by atoms with E-state index in [2.05, 4.69) is 18.3 Å². The molecule has 4 heteroatoms. The molecular formula is C11H18ClNOS. The van der Waals surface area contributed by atoms with Crippen molar-refractivity contribution in [3.8, 4) is 0 Å². The highest BCUT2D eigenvalue weighted by Crippen LogP contribution is 2.21. The van der Waals surface area contributed by atoms with Crippen LogP contribution < -0.4 is 5.32 Å². The van der Waals surface area contributed by atoms with E-state index in [1.807, 2.05) is 13.0 Å². The van der Waals surface area contributed by atoms with Gasteiger partial charge in [0.25, 0.3) is 0 Å². The summed E-state index contributed by atoms with van der Waals surface area (Å²) in [6.45, 7) is 6.69. The van der Waals surface area contributed by atoms with Gasteiger partial charge in [0.1, 0.15) is 0 Å². The lowest BCUT2D eigenvalue weighted by Gasteiger charge is -2.12. The second-order valence-corrected chi connectivity index (χ2v) is 5.27. The van der Waals surface area contributed by atoms with Crippen molar-refractivity contribution in [2.75, 3.05) is 19.8 Å². The van der Waals surface area contributed by atoms with Gasteiger partial charge in [-0.1, -0.05) is 11.6 Å². The molecular weight excluding hydrogens is 230 g/mol. The summed E-state index contributed by atoms with van der Waals surface area (Å²) in [4.78, 5) is 1.33. The third-order valence-corrected chi connectivity index (χ3v) is 3.36. The molecule has 1 unspecified atom stereocenters. The Morgan fingerprint density at radius 2 is 2.33 bits per heavy atom. The highest BCUT2D eigenvalue weighted by molar-refractivity contribution is 7.16. The van der Waals surface area contributed by atoms with Crippen LogP contribution in [0.4, 0.5) is 0 Å². The zero-order valence-electron chi connectivity index (χ0n) is 9.25. The van der Waals surface area contributed by atoms with E-state index >= 15 is 0 Å². The summed E-state index contributed by atoms with van der Waals surface area (Å²) < 4.78 is 6.19. The van der Waals surface area contributed by atoms with E-state index in [0.29, 0.717) is 6.04 Å². The van der Waals surface area contributed by atoms with E-state index in [-0.39, 0.29) is 0 Å². The van der Waals surface area contributed by atoms with Gasteiger partial charge in [0.2, 0.25) is 0 Å². The molecule has 1 heterocycles. The number of hydrogen-bond donors (Lipinski definition) is 1. The quantitative estimate of drug-likeness (QED) is 0.800. The second kappa shape index (κ2) is 7.23. The largest absolute Gasteiger partial charge is 0.380 e. The third-order valence-electron chi connectivity index (χ3n) is 2.07. The van der Waals surface area contributed by atoms with Gasteiger partial charge in [-0.2, -0.15) is 0 Å². The van der Waals surface area contributed by atoms with Gasteiger partial charge >= 0.3 is 0 Å². The van der Waals surface area contributed by atoms with Crippen LogP contribution in [0, 0.1) is 0 Å². The summed E-state index contributed by atoms with van der Waals surface area (Å²) in [7, 11) is 0. The normalized spacial score (nSPS) is 13.0. The molecule has 15 heavy (non-hydrogen) atoms. The summed E-state index contributed by atoms with van der Waals surface area (Å²) in [6, 6.07) is 4.45. The first-order valence-electron chi connectivity index (χ1n) is 5.27. The molecule has 0 saturated heterocycles. The molecule has 0 aromatic carbocycles. The van der Waals surface area contributed by atoms with Gasteiger partial charge < -0.3 is 10.1 Å². The van der Waals surface area contributed by atoms with E-state index < -0.39 is 0 Å². The van der Waals surface area contributed by atoms with Crippen LogP contribution in [0.25, 0.3) is 0 Å². The number of hydrogen-bond acceptors (Lipinski definition) is 3. The summed E-state index contributed by atoms with van der Waals surface area (Å²) in [5.41, 5.74) is 0. The standard InChI is InChI=1S/C11H18ClNOS/c1-3-14-8-9(2)13-7-6-10-4-5-11(12)15-10/h4-5,9,13H,3,6-8H2,1-2H3. The van der Waals surface area contributed by atoms with Crippen LogP contribution in [-0.4, -0.2) is 25.8 Å². The molecule has 86 valence electrons. The average Bonchev–Trinajstić information content (AvgIpc) is 2.61. The minimum absolute atomic E-state index is 0.417. The van der Waals surface area contributed by atoms with Crippen LogP contribution in [0.1, 0.15) is 18.7 Å². The molecule has 0 aliphatic rings. The van der Waals surface area contributed by atoms with Gasteiger partial charge in [-0.3, -0.25) is 0 Å². The van der Waals surface area contributed by atoms with E-state index in [0.717, 1.165) is 30.5 Å². The lowest BCUT2D eigenvalue weighted by Crippen LogP contribution is -2.32. The Kier molecular flexibility index (Phi) is 6.25. The fraction of sp³-hybridized carbons (Fsp3) is 0.636. The summed E-state index contributed by atoms with van der Waals surface area (Å²) in [6.07, 6.45) is 1.04. The summed E-state index contributed by atoms with van der Waals surface area (Å²) in [5.74, 6) is 0. The van der Waals surface area contributed by atoms with Crippen LogP contribution in [0.15, 0.2) is 12.1 Å². The maximum atomic E-state index is 5.85. The van der Waals surface area contributed by atoms with Crippen molar-refractivity contribution in [2.24, 2.45) is 0 Å². The van der Waals surface area contributed by atoms with Gasteiger partial charge in [0, 0.05) is 24.1 Å². The predicted molar refractivity (Wildman–Crippen MR) is 67.0 cm³/mol. The smallest absolute Gasteiger partial charge is 0.0931 e. The van der Waals surface area contributed by atoms with Crippen molar-refractivity contribution in [3.63, 3.8) is 0 Å². The van der Waals surface area contributed by atoms with Gasteiger partial charge in [-0.05, 0) is 32.4 Å². The molecule has 1 atom stereocenters. The minimum Gasteiger partial charge on any atom is -0.380 e. The molecule has 1 N–H and O–H groups in total. The Hall–Kier alpha value is -0.0900. The van der Waals surface area contributed by atoms with Gasteiger partial charge in [0.15, 0.2) is 0 Å². The third kappa shape index (κ3) is 5.52. The van der Waals surface area contributed by atoms with E-state index in [9.17, 15) is 0 Å². The zero-order chi connectivity index (χ0) is 11.1. The lowest BCUT2D eigenvalue weighted by atomic mass is 10.3. The average molecular weight is 248 g/mol. The number of rotatable bonds is 7. The van der Waals surface area contributed by atoms with Crippen molar-refractivity contribution in [2.45, 2.75) is 26.3 Å². The first-order chi connectivity index (χ1) is 7.22. The first-order valence-corrected chi connectivity index (χ1v) is 6.47. The van der Waals surface area contributed by atoms with Crippen molar-refractivity contribution >= 4 is 22.9 Å². The Balaban J connectivity index is 2.10. The second-order valence-electron chi connectivity index (χ2n) is 3.47. The van der Waals surface area contributed by atoms with E-state index in [1.165, 1.54) is 4.88 Å². The van der Waals surface area contributed by atoms with Crippen molar-refractivity contribution < 1.29 is 4.74 Å². The van der Waals surface area contributed by atoms with Crippen LogP contribution >= 0.6 is 22.9 Å². The lowest BCUT2D eigenvalue weighted by molar-refractivity contribution is 0.127. The maximum absolute atomic E-state index is 5.85. The molecule has 1 aromatic rings. The molecule has 0 bridgehead atoms. The fourth-order valence-corrected chi connectivity index (χ4v) is 2.37. The molecule has 0 fully saturated rings. The number of halogens is 1. The number of nitrogens with one attached hydrogen (secondary N) is 1. The SMILES string of the molecule is CCOCC(C)NCCc1ccc(Cl)s1. The number of thiophene rings is 1. The van der Waals surface area contributed by atoms with Crippen LogP contribution in [-0.2, 0) is 11.2 Å². The molecule has 2 nitrogen and oxygen atoms in total. The zero-order valence-corrected chi connectivity index (χ0v) is 10.8. The molecule has 0 radical (unpaired) electrons. The van der Waals surface area contributed by atoms with Crippen LogP contribution in [0.5, 0.6) is 0 Å². The molecule has 0 amide bonds. The molecule has 0 spiro atoms. The Bertz CT molecular complexity index is 277. The topological polar surface area (TPSA) is 21.3 Å². The first kappa shape index (κ1) is 13.0. The maximum Gasteiger partial charge on any atom is 0.0931 e. The van der Waals surface area contributed by atoms with Crippen molar-refractivity contribution in [1.82, 2.24) is 5.32 Å². The highest BCUT2D eigenvalue weighted by atomic mass is 35.5. The van der Waals surface area contributed by atoms with Crippen molar-refractivity contribution in [1.29, 1.82) is 0 Å². The monoisotopic (exact) mass is 247 g/mol. The molecule has 0 saturated carbocycles. The van der Waals surface area contributed by atoms with Crippen molar-refractivity contribution in [3.05, 3.63) is 21.3 Å². The van der Waals surface area contributed by atoms with Gasteiger partial charge in [-0.25, -0.2) is 0 Å².